The zero-order valence-electron chi connectivity index (χ0n) is 15.9. The van der Waals surface area contributed by atoms with Crippen molar-refractivity contribution in [2.45, 2.75) is 31.9 Å². The molecule has 12 heteroatoms. The molecule has 1 unspecified atom stereocenters. The fourth-order valence-corrected chi connectivity index (χ4v) is 3.36. The molecule has 1 aliphatic rings. The van der Waals surface area contributed by atoms with Crippen LogP contribution >= 0.6 is 0 Å². The van der Waals surface area contributed by atoms with Crippen LogP contribution < -0.4 is 0 Å². The maximum absolute atomic E-state index is 13.4. The quantitative estimate of drug-likeness (QED) is 0.556. The van der Waals surface area contributed by atoms with Gasteiger partial charge in [-0.1, -0.05) is 0 Å². The summed E-state index contributed by atoms with van der Waals surface area (Å²) in [5.41, 5.74) is -3.03. The molecule has 31 heavy (non-hydrogen) atoms. The van der Waals surface area contributed by atoms with Crippen LogP contribution in [-0.4, -0.2) is 29.6 Å². The van der Waals surface area contributed by atoms with Crippen LogP contribution in [0.2, 0.25) is 0 Å². The summed E-state index contributed by atoms with van der Waals surface area (Å²) in [5.74, 6) is 0.615. The van der Waals surface area contributed by atoms with Crippen molar-refractivity contribution >= 4 is 6.08 Å². The van der Waals surface area contributed by atoms with E-state index in [1.165, 1.54) is 29.6 Å². The second-order valence-corrected chi connectivity index (χ2v) is 6.84. The minimum atomic E-state index is -4.92. The maximum atomic E-state index is 13.4. The standard InChI is InChI=1S/C19H14F6N6/c1-11(16-28-10-29-31(16)17-26-4-2-5-27-17)30-6-3-14-12(9-30)7-13(18(20,21)22)8-15(14)19(23,24)25/h2-8,10-11H,9H2,1H3. The first-order valence-corrected chi connectivity index (χ1v) is 8.98. The second-order valence-electron chi connectivity index (χ2n) is 6.84. The van der Waals surface area contributed by atoms with Gasteiger partial charge in [-0.25, -0.2) is 15.0 Å². The lowest BCUT2D eigenvalue weighted by atomic mass is 9.94. The highest BCUT2D eigenvalue weighted by Gasteiger charge is 2.40. The van der Waals surface area contributed by atoms with E-state index in [-0.39, 0.29) is 29.7 Å². The number of fused-ring (bicyclic) bond motifs is 1. The summed E-state index contributed by atoms with van der Waals surface area (Å²) in [6.45, 7) is 1.53. The summed E-state index contributed by atoms with van der Waals surface area (Å²) in [5, 5.41) is 4.07. The van der Waals surface area contributed by atoms with Crippen molar-refractivity contribution in [1.29, 1.82) is 0 Å². The second kappa shape index (κ2) is 7.36. The number of hydrogen-bond acceptors (Lipinski definition) is 5. The Kier molecular flexibility index (Phi) is 4.94. The molecule has 2 aromatic heterocycles. The molecule has 1 aliphatic heterocycles. The Bertz CT molecular complexity index is 1120. The van der Waals surface area contributed by atoms with Crippen LogP contribution in [0.15, 0.2) is 43.1 Å². The van der Waals surface area contributed by atoms with Gasteiger partial charge < -0.3 is 4.90 Å². The fraction of sp³-hybridized carbons (Fsp3) is 0.263. The van der Waals surface area contributed by atoms with E-state index >= 15 is 0 Å². The summed E-state index contributed by atoms with van der Waals surface area (Å²) in [6.07, 6.45) is -2.98. The molecule has 3 heterocycles. The van der Waals surface area contributed by atoms with E-state index in [0.717, 1.165) is 12.1 Å². The highest BCUT2D eigenvalue weighted by molar-refractivity contribution is 5.62. The summed E-state index contributed by atoms with van der Waals surface area (Å²) < 4.78 is 81.2. The molecule has 162 valence electrons. The normalized spacial score (nSPS) is 15.1. The van der Waals surface area contributed by atoms with Crippen molar-refractivity contribution in [3.05, 3.63) is 71.2 Å². The van der Waals surface area contributed by atoms with Gasteiger partial charge in [-0.3, -0.25) is 0 Å². The molecule has 0 radical (unpaired) electrons. The fourth-order valence-electron chi connectivity index (χ4n) is 3.36. The Labute approximate surface area is 171 Å². The molecule has 6 nitrogen and oxygen atoms in total. The number of nitrogens with zero attached hydrogens (tertiary/aromatic N) is 6. The number of hydrogen-bond donors (Lipinski definition) is 0. The van der Waals surface area contributed by atoms with E-state index < -0.39 is 29.5 Å². The van der Waals surface area contributed by atoms with Gasteiger partial charge in [0, 0.05) is 25.1 Å². The average Bonchev–Trinajstić information content (AvgIpc) is 3.21. The Hall–Kier alpha value is -3.44. The van der Waals surface area contributed by atoms with E-state index in [9.17, 15) is 26.3 Å². The van der Waals surface area contributed by atoms with Gasteiger partial charge >= 0.3 is 12.4 Å². The van der Waals surface area contributed by atoms with Gasteiger partial charge in [0.25, 0.3) is 5.95 Å². The minimum absolute atomic E-state index is 0.0847. The van der Waals surface area contributed by atoms with E-state index in [2.05, 4.69) is 20.1 Å². The monoisotopic (exact) mass is 440 g/mol. The third-order valence-corrected chi connectivity index (χ3v) is 4.87. The molecule has 0 aliphatic carbocycles. The highest BCUT2D eigenvalue weighted by Crippen LogP contribution is 2.41. The summed E-state index contributed by atoms with van der Waals surface area (Å²) in [6, 6.07) is 1.97. The predicted molar refractivity (Wildman–Crippen MR) is 96.4 cm³/mol. The summed E-state index contributed by atoms with van der Waals surface area (Å²) in [7, 11) is 0. The Morgan fingerprint density at radius 3 is 2.32 bits per heavy atom. The first-order chi connectivity index (χ1) is 14.6. The minimum Gasteiger partial charge on any atom is -0.363 e. The Morgan fingerprint density at radius 2 is 1.68 bits per heavy atom. The zero-order chi connectivity index (χ0) is 22.4. The van der Waals surface area contributed by atoms with E-state index in [0.29, 0.717) is 5.82 Å². The molecule has 1 aromatic carbocycles. The van der Waals surface area contributed by atoms with Crippen molar-refractivity contribution in [2.24, 2.45) is 0 Å². The van der Waals surface area contributed by atoms with Gasteiger partial charge in [0.05, 0.1) is 17.2 Å². The molecular weight excluding hydrogens is 426 g/mol. The van der Waals surface area contributed by atoms with Gasteiger partial charge in [-0.15, -0.1) is 0 Å². The molecule has 0 N–H and O–H groups in total. The summed E-state index contributed by atoms with van der Waals surface area (Å²) in [4.78, 5) is 13.9. The maximum Gasteiger partial charge on any atom is 0.417 e. The molecule has 0 bridgehead atoms. The van der Waals surface area contributed by atoms with Crippen LogP contribution in [0.25, 0.3) is 12.0 Å². The largest absolute Gasteiger partial charge is 0.417 e. The lowest BCUT2D eigenvalue weighted by molar-refractivity contribution is -0.143. The molecule has 3 aromatic rings. The number of aromatic nitrogens is 5. The third kappa shape index (κ3) is 3.97. The van der Waals surface area contributed by atoms with Crippen molar-refractivity contribution < 1.29 is 26.3 Å². The lowest BCUT2D eigenvalue weighted by Crippen LogP contribution is -2.27. The van der Waals surface area contributed by atoms with Gasteiger partial charge in [-0.05, 0) is 42.3 Å². The predicted octanol–water partition coefficient (Wildman–Crippen LogP) is 4.64. The molecule has 0 saturated heterocycles. The van der Waals surface area contributed by atoms with Crippen molar-refractivity contribution in [1.82, 2.24) is 29.6 Å². The third-order valence-electron chi connectivity index (χ3n) is 4.87. The SMILES string of the molecule is CC(c1ncnn1-c1ncccn1)N1C=Cc2c(cc(C(F)(F)F)cc2C(F)(F)F)C1. The van der Waals surface area contributed by atoms with Crippen LogP contribution in [0.5, 0.6) is 0 Å². The van der Waals surface area contributed by atoms with Crippen molar-refractivity contribution in [3.63, 3.8) is 0 Å². The van der Waals surface area contributed by atoms with Gasteiger partial charge in [-0.2, -0.15) is 36.1 Å². The van der Waals surface area contributed by atoms with E-state index in [1.807, 2.05) is 0 Å². The van der Waals surface area contributed by atoms with Crippen LogP contribution in [0, 0.1) is 0 Å². The Morgan fingerprint density at radius 1 is 0.968 bits per heavy atom. The van der Waals surface area contributed by atoms with Gasteiger partial charge in [0.15, 0.2) is 5.82 Å². The molecule has 0 amide bonds. The molecule has 1 atom stereocenters. The number of alkyl halides is 6. The first kappa shape index (κ1) is 20.8. The zero-order valence-corrected chi connectivity index (χ0v) is 15.9. The number of benzene rings is 1. The van der Waals surface area contributed by atoms with Gasteiger partial charge in [0.1, 0.15) is 6.33 Å². The molecule has 0 fully saturated rings. The topological polar surface area (TPSA) is 59.7 Å². The smallest absolute Gasteiger partial charge is 0.363 e. The van der Waals surface area contributed by atoms with Gasteiger partial charge in [0.2, 0.25) is 0 Å². The van der Waals surface area contributed by atoms with Crippen molar-refractivity contribution in [2.75, 3.05) is 0 Å². The number of rotatable bonds is 3. The van der Waals surface area contributed by atoms with Crippen LogP contribution in [0.3, 0.4) is 0 Å². The average molecular weight is 440 g/mol. The molecule has 0 saturated carbocycles. The molecule has 0 spiro atoms. The van der Waals surface area contributed by atoms with Crippen LogP contribution in [0.4, 0.5) is 26.3 Å². The lowest BCUT2D eigenvalue weighted by Gasteiger charge is -2.32. The van der Waals surface area contributed by atoms with E-state index in [4.69, 9.17) is 0 Å². The van der Waals surface area contributed by atoms with Crippen LogP contribution in [-0.2, 0) is 18.9 Å². The summed E-state index contributed by atoms with van der Waals surface area (Å²) >= 11 is 0. The first-order valence-electron chi connectivity index (χ1n) is 8.98. The highest BCUT2D eigenvalue weighted by atomic mass is 19.4. The number of halogens is 6. The van der Waals surface area contributed by atoms with Crippen LogP contribution in [0.1, 0.15) is 41.0 Å². The Balaban J connectivity index is 1.72. The molecular formula is C19H14F6N6. The van der Waals surface area contributed by atoms with E-state index in [1.54, 1.807) is 17.9 Å². The molecule has 4 rings (SSSR count). The van der Waals surface area contributed by atoms with Crippen molar-refractivity contribution in [3.8, 4) is 5.95 Å².